The molecule has 2 atom stereocenters. The van der Waals surface area contributed by atoms with Crippen molar-refractivity contribution in [3.8, 4) is 23.0 Å². The fourth-order valence-corrected chi connectivity index (χ4v) is 5.53. The molecule has 0 amide bonds. The zero-order chi connectivity index (χ0) is 34.2. The van der Waals surface area contributed by atoms with E-state index in [0.717, 1.165) is 43.8 Å². The number of carbonyl (C=O) groups is 2. The van der Waals surface area contributed by atoms with Gasteiger partial charge in [0.1, 0.15) is 49.4 Å². The van der Waals surface area contributed by atoms with Crippen molar-refractivity contribution in [1.29, 1.82) is 0 Å². The Morgan fingerprint density at radius 3 is 1.23 bits per heavy atom. The third-order valence-electron chi connectivity index (χ3n) is 7.67. The molecule has 250 valence electrons. The van der Waals surface area contributed by atoms with Crippen molar-refractivity contribution < 1.29 is 38.0 Å². The number of rotatable bonds is 14. The summed E-state index contributed by atoms with van der Waals surface area (Å²) in [6, 6.07) is 27.5. The molecule has 8 nitrogen and oxygen atoms in total. The molecule has 0 saturated heterocycles. The molecule has 0 heterocycles. The number of carbonyl (C=O) groups excluding carboxylic acids is 2. The summed E-state index contributed by atoms with van der Waals surface area (Å²) in [7, 11) is 0. The highest BCUT2D eigenvalue weighted by molar-refractivity contribution is 6.11. The minimum Gasteiger partial charge on any atom is -0.490 e. The van der Waals surface area contributed by atoms with Gasteiger partial charge in [-0.2, -0.15) is 0 Å². The number of aryl methyl sites for hydroxylation is 4. The van der Waals surface area contributed by atoms with Gasteiger partial charge in [0.05, 0.1) is 0 Å². The van der Waals surface area contributed by atoms with Gasteiger partial charge in [0.25, 0.3) is 0 Å². The standard InChI is InChI=1S/C40H42O8/c1-25-9-7-11-31(17-25)43-21-33(47-29(5)41)23-45-39-35-15-13-28(4)20-38(35)40(36-16-14-27(3)19-37(36)39)46-24-34(48-30(6)42)22-44-32-12-8-10-26(2)18-32/h7-20,33-34H,21-24H2,1-6H3. The van der Waals surface area contributed by atoms with Crippen molar-refractivity contribution in [3.63, 3.8) is 0 Å². The molecule has 5 rings (SSSR count). The number of hydrogen-bond acceptors (Lipinski definition) is 8. The Kier molecular flexibility index (Phi) is 11.1. The van der Waals surface area contributed by atoms with E-state index in [4.69, 9.17) is 28.4 Å². The molecule has 0 fully saturated rings. The van der Waals surface area contributed by atoms with Crippen LogP contribution in [-0.4, -0.2) is 50.6 Å². The van der Waals surface area contributed by atoms with Crippen molar-refractivity contribution in [2.45, 2.75) is 53.8 Å². The van der Waals surface area contributed by atoms with Gasteiger partial charge in [-0.1, -0.05) is 59.7 Å². The Labute approximate surface area is 281 Å². The Bertz CT molecular complexity index is 1770. The van der Waals surface area contributed by atoms with E-state index in [1.54, 1.807) is 0 Å². The zero-order valence-electron chi connectivity index (χ0n) is 28.3. The van der Waals surface area contributed by atoms with Gasteiger partial charge in [0, 0.05) is 35.4 Å². The fraction of sp³-hybridized carbons (Fsp3) is 0.300. The highest BCUT2D eigenvalue weighted by Crippen LogP contribution is 2.43. The first-order valence-electron chi connectivity index (χ1n) is 16.0. The average molecular weight is 651 g/mol. The summed E-state index contributed by atoms with van der Waals surface area (Å²) in [5, 5.41) is 3.33. The third-order valence-corrected chi connectivity index (χ3v) is 7.67. The third kappa shape index (κ3) is 8.97. The molecule has 8 heteroatoms. The van der Waals surface area contributed by atoms with E-state index in [-0.39, 0.29) is 26.4 Å². The molecule has 0 aliphatic carbocycles. The van der Waals surface area contributed by atoms with Crippen molar-refractivity contribution in [2.24, 2.45) is 0 Å². The molecule has 0 bridgehead atoms. The Hall–Kier alpha value is -5.24. The SMILES string of the molecule is CC(=O)OC(COc1cccc(C)c1)COc1c2ccc(C)cc2c(OCC(COc2cccc(C)c2)OC(C)=O)c2ccc(C)cc12. The van der Waals surface area contributed by atoms with Gasteiger partial charge < -0.3 is 28.4 Å². The number of fused-ring (bicyclic) bond motifs is 2. The summed E-state index contributed by atoms with van der Waals surface area (Å²) in [6.45, 7) is 11.1. The van der Waals surface area contributed by atoms with E-state index < -0.39 is 24.1 Å². The lowest BCUT2D eigenvalue weighted by Crippen LogP contribution is -2.30. The molecule has 0 aromatic heterocycles. The van der Waals surface area contributed by atoms with Gasteiger partial charge in [0.15, 0.2) is 12.2 Å². The molecule has 0 radical (unpaired) electrons. The molecule has 2 unspecified atom stereocenters. The second kappa shape index (κ2) is 15.6. The number of benzene rings is 5. The maximum atomic E-state index is 12.0. The highest BCUT2D eigenvalue weighted by atomic mass is 16.6. The lowest BCUT2D eigenvalue weighted by molar-refractivity contribution is -0.150. The average Bonchev–Trinajstić information content (AvgIpc) is 3.03. The van der Waals surface area contributed by atoms with Crippen LogP contribution < -0.4 is 18.9 Å². The summed E-state index contributed by atoms with van der Waals surface area (Å²) in [5.41, 5.74) is 4.20. The van der Waals surface area contributed by atoms with Gasteiger partial charge in [-0.3, -0.25) is 9.59 Å². The van der Waals surface area contributed by atoms with Gasteiger partial charge in [-0.15, -0.1) is 0 Å². The molecular weight excluding hydrogens is 608 g/mol. The van der Waals surface area contributed by atoms with Crippen LogP contribution >= 0.6 is 0 Å². The van der Waals surface area contributed by atoms with Crippen LogP contribution in [0.3, 0.4) is 0 Å². The van der Waals surface area contributed by atoms with Gasteiger partial charge in [-0.25, -0.2) is 0 Å². The monoisotopic (exact) mass is 650 g/mol. The first kappa shape index (κ1) is 34.1. The molecule has 0 aliphatic heterocycles. The molecule has 0 saturated carbocycles. The molecule has 0 N–H and O–H groups in total. The largest absolute Gasteiger partial charge is 0.490 e. The van der Waals surface area contributed by atoms with E-state index in [1.807, 2.05) is 113 Å². The van der Waals surface area contributed by atoms with E-state index in [1.165, 1.54) is 13.8 Å². The van der Waals surface area contributed by atoms with Crippen LogP contribution in [0.25, 0.3) is 21.5 Å². The second-order valence-corrected chi connectivity index (χ2v) is 12.1. The maximum absolute atomic E-state index is 12.0. The van der Waals surface area contributed by atoms with E-state index in [9.17, 15) is 9.59 Å². The normalized spacial score (nSPS) is 12.3. The van der Waals surface area contributed by atoms with Crippen molar-refractivity contribution in [2.75, 3.05) is 26.4 Å². The lowest BCUT2D eigenvalue weighted by atomic mass is 9.97. The highest BCUT2D eigenvalue weighted by Gasteiger charge is 2.22. The van der Waals surface area contributed by atoms with Crippen LogP contribution in [0.15, 0.2) is 84.9 Å². The molecule has 48 heavy (non-hydrogen) atoms. The summed E-state index contributed by atoms with van der Waals surface area (Å²) in [5.74, 6) is 1.82. The number of hydrogen-bond donors (Lipinski definition) is 0. The number of esters is 2. The predicted molar refractivity (Wildman–Crippen MR) is 186 cm³/mol. The van der Waals surface area contributed by atoms with Crippen molar-refractivity contribution in [1.82, 2.24) is 0 Å². The Balaban J connectivity index is 1.45. The first-order chi connectivity index (χ1) is 23.0. The molecule has 0 aliphatic rings. The Morgan fingerprint density at radius 1 is 0.479 bits per heavy atom. The van der Waals surface area contributed by atoms with Crippen LogP contribution in [0.2, 0.25) is 0 Å². The van der Waals surface area contributed by atoms with Crippen LogP contribution in [-0.2, 0) is 19.1 Å². The quantitative estimate of drug-likeness (QED) is 0.0882. The van der Waals surface area contributed by atoms with E-state index >= 15 is 0 Å². The van der Waals surface area contributed by atoms with Gasteiger partial charge in [0.2, 0.25) is 0 Å². The van der Waals surface area contributed by atoms with Crippen LogP contribution in [0.1, 0.15) is 36.1 Å². The first-order valence-corrected chi connectivity index (χ1v) is 16.0. The second-order valence-electron chi connectivity index (χ2n) is 12.1. The van der Waals surface area contributed by atoms with Gasteiger partial charge in [-0.05, 0) is 75.2 Å². The van der Waals surface area contributed by atoms with Crippen LogP contribution in [0.5, 0.6) is 23.0 Å². The lowest BCUT2D eigenvalue weighted by Gasteiger charge is -2.23. The van der Waals surface area contributed by atoms with E-state index in [2.05, 4.69) is 0 Å². The maximum Gasteiger partial charge on any atom is 0.303 e. The predicted octanol–water partition coefficient (Wildman–Crippen LogP) is 8.01. The molecule has 5 aromatic carbocycles. The van der Waals surface area contributed by atoms with E-state index in [0.29, 0.717) is 23.0 Å². The minimum atomic E-state index is -0.655. The van der Waals surface area contributed by atoms with Gasteiger partial charge >= 0.3 is 11.9 Å². The summed E-state index contributed by atoms with van der Waals surface area (Å²) < 4.78 is 36.2. The molecular formula is C40H42O8. The Morgan fingerprint density at radius 2 is 0.854 bits per heavy atom. The smallest absolute Gasteiger partial charge is 0.303 e. The number of ether oxygens (including phenoxy) is 6. The van der Waals surface area contributed by atoms with Crippen molar-refractivity contribution >= 4 is 33.5 Å². The molecule has 0 spiro atoms. The van der Waals surface area contributed by atoms with Crippen LogP contribution in [0, 0.1) is 27.7 Å². The fourth-order valence-electron chi connectivity index (χ4n) is 5.53. The zero-order valence-corrected chi connectivity index (χ0v) is 28.3. The summed E-state index contributed by atoms with van der Waals surface area (Å²) in [6.07, 6.45) is -1.31. The topological polar surface area (TPSA) is 89.5 Å². The summed E-state index contributed by atoms with van der Waals surface area (Å²) in [4.78, 5) is 24.1. The van der Waals surface area contributed by atoms with Crippen molar-refractivity contribution in [3.05, 3.63) is 107 Å². The molecule has 5 aromatic rings. The summed E-state index contributed by atoms with van der Waals surface area (Å²) >= 11 is 0. The minimum absolute atomic E-state index is 0.0719. The van der Waals surface area contributed by atoms with Crippen LogP contribution in [0.4, 0.5) is 0 Å².